The molecule has 2 fully saturated rings. The van der Waals surface area contributed by atoms with Crippen LogP contribution in [0, 0.1) is 0 Å². The van der Waals surface area contributed by atoms with Gasteiger partial charge in [-0.15, -0.1) is 0 Å². The van der Waals surface area contributed by atoms with Gasteiger partial charge in [0.05, 0.1) is 0 Å². The van der Waals surface area contributed by atoms with Crippen molar-refractivity contribution in [3.8, 4) is 0 Å². The van der Waals surface area contributed by atoms with Crippen LogP contribution in [0.25, 0.3) is 0 Å². The Balaban J connectivity index is 1.75. The summed E-state index contributed by atoms with van der Waals surface area (Å²) in [5.74, 6) is 4.37. The largest absolute Gasteiger partial charge is 0.355 e. The van der Waals surface area contributed by atoms with Gasteiger partial charge in [0.2, 0.25) is 5.95 Å². The van der Waals surface area contributed by atoms with E-state index in [1.165, 1.54) is 11.5 Å². The number of anilines is 2. The second kappa shape index (κ2) is 5.75. The average Bonchev–Trinajstić information content (AvgIpc) is 2.49. The maximum atomic E-state index is 4.72. The van der Waals surface area contributed by atoms with Crippen LogP contribution in [-0.2, 0) is 0 Å². The Bertz CT molecular complexity index is 355. The maximum Gasteiger partial charge on any atom is 0.227 e. The fourth-order valence-corrected chi connectivity index (χ4v) is 3.23. The van der Waals surface area contributed by atoms with E-state index in [0.29, 0.717) is 0 Å². The predicted molar refractivity (Wildman–Crippen MR) is 76.7 cm³/mol. The normalized spacial score (nSPS) is 21.1. The van der Waals surface area contributed by atoms with Crippen LogP contribution in [0.1, 0.15) is 0 Å². The SMILES string of the molecule is c1cc(N2CCSCC2)nc(N2CCNCC2)n1. The van der Waals surface area contributed by atoms with Gasteiger partial charge in [0.15, 0.2) is 0 Å². The molecular formula is C12H19N5S. The van der Waals surface area contributed by atoms with Crippen molar-refractivity contribution in [3.63, 3.8) is 0 Å². The lowest BCUT2D eigenvalue weighted by molar-refractivity contribution is 0.579. The number of rotatable bonds is 2. The van der Waals surface area contributed by atoms with Gasteiger partial charge in [-0.25, -0.2) is 4.98 Å². The third kappa shape index (κ3) is 2.70. The second-order valence-corrected chi connectivity index (χ2v) is 5.78. The Labute approximate surface area is 112 Å². The molecular weight excluding hydrogens is 246 g/mol. The molecule has 1 aromatic heterocycles. The molecule has 2 aliphatic heterocycles. The van der Waals surface area contributed by atoms with E-state index in [9.17, 15) is 0 Å². The van der Waals surface area contributed by atoms with Crippen molar-refractivity contribution in [3.05, 3.63) is 12.3 Å². The highest BCUT2D eigenvalue weighted by Gasteiger charge is 2.16. The van der Waals surface area contributed by atoms with Crippen molar-refractivity contribution in [1.29, 1.82) is 0 Å². The zero-order valence-corrected chi connectivity index (χ0v) is 11.3. The molecule has 0 aliphatic carbocycles. The summed E-state index contributed by atoms with van der Waals surface area (Å²) in [7, 11) is 0. The maximum absolute atomic E-state index is 4.72. The zero-order valence-electron chi connectivity index (χ0n) is 10.5. The van der Waals surface area contributed by atoms with E-state index in [2.05, 4.69) is 20.1 Å². The molecule has 1 aromatic rings. The van der Waals surface area contributed by atoms with E-state index in [1.807, 2.05) is 24.0 Å². The summed E-state index contributed by atoms with van der Waals surface area (Å²) in [6.07, 6.45) is 1.89. The summed E-state index contributed by atoms with van der Waals surface area (Å²) < 4.78 is 0. The summed E-state index contributed by atoms with van der Waals surface area (Å²) in [6.45, 7) is 6.24. The highest BCUT2D eigenvalue weighted by atomic mass is 32.2. The van der Waals surface area contributed by atoms with E-state index in [0.717, 1.165) is 51.0 Å². The summed E-state index contributed by atoms with van der Waals surface area (Å²) in [5.41, 5.74) is 0. The first kappa shape index (κ1) is 12.0. The molecule has 18 heavy (non-hydrogen) atoms. The Morgan fingerprint density at radius 2 is 1.83 bits per heavy atom. The molecule has 3 heterocycles. The number of piperazine rings is 1. The van der Waals surface area contributed by atoms with Crippen LogP contribution in [0.15, 0.2) is 12.3 Å². The monoisotopic (exact) mass is 265 g/mol. The lowest BCUT2D eigenvalue weighted by Gasteiger charge is -2.30. The Kier molecular flexibility index (Phi) is 3.85. The minimum Gasteiger partial charge on any atom is -0.355 e. The van der Waals surface area contributed by atoms with Gasteiger partial charge in [0.1, 0.15) is 5.82 Å². The van der Waals surface area contributed by atoms with E-state index in [-0.39, 0.29) is 0 Å². The highest BCUT2D eigenvalue weighted by molar-refractivity contribution is 7.99. The van der Waals surface area contributed by atoms with E-state index < -0.39 is 0 Å². The van der Waals surface area contributed by atoms with E-state index in [4.69, 9.17) is 4.98 Å². The van der Waals surface area contributed by atoms with Crippen LogP contribution < -0.4 is 15.1 Å². The molecule has 0 radical (unpaired) electrons. The summed E-state index contributed by atoms with van der Waals surface area (Å²) >= 11 is 2.02. The molecule has 2 saturated heterocycles. The smallest absolute Gasteiger partial charge is 0.227 e. The first-order valence-electron chi connectivity index (χ1n) is 6.55. The Hall–Kier alpha value is -1.01. The van der Waals surface area contributed by atoms with Gasteiger partial charge in [-0.3, -0.25) is 0 Å². The second-order valence-electron chi connectivity index (χ2n) is 4.55. The van der Waals surface area contributed by atoms with Crippen molar-refractivity contribution in [2.24, 2.45) is 0 Å². The van der Waals surface area contributed by atoms with Crippen molar-refractivity contribution in [2.45, 2.75) is 0 Å². The predicted octanol–water partition coefficient (Wildman–Crippen LogP) is 0.439. The van der Waals surface area contributed by atoms with Gasteiger partial charge >= 0.3 is 0 Å². The first-order valence-corrected chi connectivity index (χ1v) is 7.70. The fraction of sp³-hybridized carbons (Fsp3) is 0.667. The van der Waals surface area contributed by atoms with Crippen LogP contribution in [0.4, 0.5) is 11.8 Å². The van der Waals surface area contributed by atoms with Crippen LogP contribution in [0.3, 0.4) is 0 Å². The third-order valence-electron chi connectivity index (χ3n) is 3.36. The number of aromatic nitrogens is 2. The summed E-state index contributed by atoms with van der Waals surface area (Å²) in [4.78, 5) is 13.8. The minimum absolute atomic E-state index is 0.882. The molecule has 0 spiro atoms. The van der Waals surface area contributed by atoms with E-state index in [1.54, 1.807) is 0 Å². The summed E-state index contributed by atoms with van der Waals surface area (Å²) in [5, 5.41) is 3.35. The van der Waals surface area contributed by atoms with Crippen molar-refractivity contribution >= 4 is 23.5 Å². The van der Waals surface area contributed by atoms with Crippen LogP contribution >= 0.6 is 11.8 Å². The van der Waals surface area contributed by atoms with Crippen molar-refractivity contribution in [2.75, 3.05) is 60.6 Å². The Morgan fingerprint density at radius 3 is 2.61 bits per heavy atom. The number of nitrogens with zero attached hydrogens (tertiary/aromatic N) is 4. The molecule has 98 valence electrons. The fourth-order valence-electron chi connectivity index (χ4n) is 2.32. The molecule has 0 saturated carbocycles. The number of hydrogen-bond acceptors (Lipinski definition) is 6. The van der Waals surface area contributed by atoms with Gasteiger partial charge in [-0.2, -0.15) is 16.7 Å². The van der Waals surface area contributed by atoms with E-state index >= 15 is 0 Å². The molecule has 0 unspecified atom stereocenters. The lowest BCUT2D eigenvalue weighted by atomic mass is 10.4. The van der Waals surface area contributed by atoms with Gasteiger partial charge in [-0.1, -0.05) is 0 Å². The molecule has 2 aliphatic rings. The van der Waals surface area contributed by atoms with Crippen molar-refractivity contribution < 1.29 is 0 Å². The first-order chi connectivity index (χ1) is 8.93. The van der Waals surface area contributed by atoms with Crippen LogP contribution in [-0.4, -0.2) is 60.7 Å². The van der Waals surface area contributed by atoms with Crippen LogP contribution in [0.5, 0.6) is 0 Å². The average molecular weight is 265 g/mol. The molecule has 1 N–H and O–H groups in total. The van der Waals surface area contributed by atoms with Crippen molar-refractivity contribution in [1.82, 2.24) is 15.3 Å². The third-order valence-corrected chi connectivity index (χ3v) is 4.31. The molecule has 0 bridgehead atoms. The molecule has 5 nitrogen and oxygen atoms in total. The number of nitrogens with one attached hydrogen (secondary N) is 1. The molecule has 0 aromatic carbocycles. The minimum atomic E-state index is 0.882. The van der Waals surface area contributed by atoms with Gasteiger partial charge in [0.25, 0.3) is 0 Å². The molecule has 0 atom stereocenters. The molecule has 0 amide bonds. The highest BCUT2D eigenvalue weighted by Crippen LogP contribution is 2.19. The molecule has 3 rings (SSSR count). The lowest BCUT2D eigenvalue weighted by Crippen LogP contribution is -2.44. The van der Waals surface area contributed by atoms with Gasteiger partial charge < -0.3 is 15.1 Å². The summed E-state index contributed by atoms with van der Waals surface area (Å²) in [6, 6.07) is 2.03. The number of thioether (sulfide) groups is 1. The van der Waals surface area contributed by atoms with Gasteiger partial charge in [-0.05, 0) is 6.07 Å². The quantitative estimate of drug-likeness (QED) is 0.837. The standard InChI is InChI=1S/C12H19N5S/c1-2-14-12(17-5-3-13-4-6-17)15-11(1)16-7-9-18-10-8-16/h1-2,13H,3-10H2. The Morgan fingerprint density at radius 1 is 1.06 bits per heavy atom. The molecule has 6 heteroatoms. The van der Waals surface area contributed by atoms with Crippen LogP contribution in [0.2, 0.25) is 0 Å². The zero-order chi connectivity index (χ0) is 12.2. The number of hydrogen-bond donors (Lipinski definition) is 1. The topological polar surface area (TPSA) is 44.3 Å². The van der Waals surface area contributed by atoms with Gasteiger partial charge in [0, 0.05) is 57.0 Å².